The normalized spacial score (nSPS) is 10.4. The van der Waals surface area contributed by atoms with Gasteiger partial charge in [0.05, 0.1) is 30.9 Å². The molecule has 0 atom stereocenters. The van der Waals surface area contributed by atoms with Crippen LogP contribution in [-0.4, -0.2) is 32.1 Å². The summed E-state index contributed by atoms with van der Waals surface area (Å²) in [5.41, 5.74) is 0.852. The summed E-state index contributed by atoms with van der Waals surface area (Å²) in [6, 6.07) is 10.0. The molecule has 0 aliphatic heterocycles. The molecule has 2 rings (SSSR count). The maximum atomic E-state index is 11.4. The highest BCUT2D eigenvalue weighted by atomic mass is 35.5. The predicted molar refractivity (Wildman–Crippen MR) is 104 cm³/mol. The molecule has 0 fully saturated rings. The lowest BCUT2D eigenvalue weighted by molar-refractivity contribution is 0.0600. The zero-order valence-corrected chi connectivity index (χ0v) is 16.6. The Morgan fingerprint density at radius 2 is 1.52 bits per heavy atom. The van der Waals surface area contributed by atoms with E-state index in [2.05, 4.69) is 4.74 Å². The van der Waals surface area contributed by atoms with Crippen LogP contribution in [0, 0.1) is 0 Å². The summed E-state index contributed by atoms with van der Waals surface area (Å²) >= 11 is 12.2. The number of methoxy groups -OCH3 is 1. The van der Waals surface area contributed by atoms with Gasteiger partial charge >= 0.3 is 5.97 Å². The van der Waals surface area contributed by atoms with Crippen molar-refractivity contribution < 1.29 is 23.8 Å². The van der Waals surface area contributed by atoms with Crippen LogP contribution in [0.1, 0.15) is 40.5 Å². The molecule has 27 heavy (non-hydrogen) atoms. The van der Waals surface area contributed by atoms with E-state index in [-0.39, 0.29) is 21.8 Å². The number of benzene rings is 2. The summed E-state index contributed by atoms with van der Waals surface area (Å²) in [4.78, 5) is 22.8. The van der Waals surface area contributed by atoms with Crippen LogP contribution in [0.4, 0.5) is 0 Å². The predicted octanol–water partition coefficient (Wildman–Crippen LogP) is 5.22. The number of carbonyl (C=O) groups is 2. The highest BCUT2D eigenvalue weighted by Gasteiger charge is 2.13. The first kappa shape index (κ1) is 21.1. The number of hydrogen-bond acceptors (Lipinski definition) is 5. The molecule has 0 aliphatic rings. The Hall–Kier alpha value is -2.24. The van der Waals surface area contributed by atoms with E-state index in [1.807, 2.05) is 0 Å². The molecular formula is C20H20Cl2O5. The highest BCUT2D eigenvalue weighted by Crippen LogP contribution is 2.35. The second kappa shape index (κ2) is 10.2. The van der Waals surface area contributed by atoms with Gasteiger partial charge in [-0.05, 0) is 56.2 Å². The molecule has 0 radical (unpaired) electrons. The van der Waals surface area contributed by atoms with Crippen LogP contribution in [0.3, 0.4) is 0 Å². The average Bonchev–Trinajstić information content (AvgIpc) is 2.67. The fourth-order valence-electron chi connectivity index (χ4n) is 2.30. The van der Waals surface area contributed by atoms with Gasteiger partial charge in [0.2, 0.25) is 0 Å². The van der Waals surface area contributed by atoms with Crippen molar-refractivity contribution in [2.45, 2.75) is 19.8 Å². The smallest absolute Gasteiger partial charge is 0.337 e. The zero-order valence-electron chi connectivity index (χ0n) is 15.1. The van der Waals surface area contributed by atoms with E-state index < -0.39 is 0 Å². The van der Waals surface area contributed by atoms with Gasteiger partial charge in [0.1, 0.15) is 16.5 Å². The summed E-state index contributed by atoms with van der Waals surface area (Å²) < 4.78 is 15.9. The minimum Gasteiger partial charge on any atom is -0.494 e. The quantitative estimate of drug-likeness (QED) is 0.322. The van der Waals surface area contributed by atoms with Crippen molar-refractivity contribution in [3.8, 4) is 11.5 Å². The van der Waals surface area contributed by atoms with Gasteiger partial charge < -0.3 is 14.2 Å². The number of rotatable bonds is 9. The Morgan fingerprint density at radius 1 is 0.889 bits per heavy atom. The number of esters is 1. The second-order valence-electron chi connectivity index (χ2n) is 5.72. The van der Waals surface area contributed by atoms with Gasteiger partial charge in [0.15, 0.2) is 5.78 Å². The molecule has 0 N–H and O–H groups in total. The van der Waals surface area contributed by atoms with Crippen molar-refractivity contribution in [2.24, 2.45) is 0 Å². The molecule has 0 saturated carbocycles. The van der Waals surface area contributed by atoms with Crippen molar-refractivity contribution in [2.75, 3.05) is 20.3 Å². The number of carbonyl (C=O) groups excluding carboxylic acids is 2. The summed E-state index contributed by atoms with van der Waals surface area (Å²) in [6.07, 6.45) is 1.53. The van der Waals surface area contributed by atoms with Crippen LogP contribution < -0.4 is 9.47 Å². The third-order valence-corrected chi connectivity index (χ3v) is 4.63. The first-order valence-electron chi connectivity index (χ1n) is 8.37. The molecule has 144 valence electrons. The Balaban J connectivity index is 1.73. The van der Waals surface area contributed by atoms with E-state index >= 15 is 0 Å². The molecule has 0 unspecified atom stereocenters. The van der Waals surface area contributed by atoms with Crippen molar-refractivity contribution in [3.63, 3.8) is 0 Å². The monoisotopic (exact) mass is 410 g/mol. The van der Waals surface area contributed by atoms with Crippen LogP contribution in [0.25, 0.3) is 0 Å². The van der Waals surface area contributed by atoms with Gasteiger partial charge in [0, 0.05) is 5.56 Å². The highest BCUT2D eigenvalue weighted by molar-refractivity contribution is 6.44. The Labute approximate surface area is 168 Å². The topological polar surface area (TPSA) is 61.8 Å². The van der Waals surface area contributed by atoms with E-state index in [1.54, 1.807) is 36.4 Å². The van der Waals surface area contributed by atoms with Crippen molar-refractivity contribution in [1.29, 1.82) is 0 Å². The lowest BCUT2D eigenvalue weighted by atomic mass is 10.1. The molecule has 0 amide bonds. The van der Waals surface area contributed by atoms with Gasteiger partial charge in [-0.15, -0.1) is 0 Å². The molecule has 0 bridgehead atoms. The van der Waals surface area contributed by atoms with Gasteiger partial charge in [-0.2, -0.15) is 0 Å². The van der Waals surface area contributed by atoms with Crippen molar-refractivity contribution in [3.05, 3.63) is 57.6 Å². The summed E-state index contributed by atoms with van der Waals surface area (Å²) in [7, 11) is 1.34. The minimum absolute atomic E-state index is 0.148. The molecule has 0 heterocycles. The molecule has 2 aromatic carbocycles. The zero-order chi connectivity index (χ0) is 19.8. The summed E-state index contributed by atoms with van der Waals surface area (Å²) in [5, 5.41) is 0.451. The van der Waals surface area contributed by atoms with Crippen LogP contribution >= 0.6 is 23.2 Å². The van der Waals surface area contributed by atoms with E-state index in [1.165, 1.54) is 14.0 Å². The lowest BCUT2D eigenvalue weighted by Gasteiger charge is -2.11. The molecular weight excluding hydrogens is 391 g/mol. The Morgan fingerprint density at radius 3 is 2.11 bits per heavy atom. The number of halogens is 2. The van der Waals surface area contributed by atoms with Crippen LogP contribution in [0.15, 0.2) is 36.4 Å². The van der Waals surface area contributed by atoms with Crippen LogP contribution in [-0.2, 0) is 4.74 Å². The van der Waals surface area contributed by atoms with Gasteiger partial charge in [-0.1, -0.05) is 23.2 Å². The first-order chi connectivity index (χ1) is 12.9. The lowest BCUT2D eigenvalue weighted by Crippen LogP contribution is -2.04. The number of Topliss-reactive ketones (excluding diaryl/α,β-unsaturated/α-hetero) is 1. The molecule has 7 heteroatoms. The number of hydrogen-bond donors (Lipinski definition) is 0. The number of unbranched alkanes of at least 4 members (excludes halogenated alkanes) is 1. The second-order valence-corrected chi connectivity index (χ2v) is 6.47. The third kappa shape index (κ3) is 5.88. The van der Waals surface area contributed by atoms with Gasteiger partial charge in [-0.3, -0.25) is 4.79 Å². The van der Waals surface area contributed by atoms with E-state index in [4.69, 9.17) is 32.7 Å². The fraction of sp³-hybridized carbons (Fsp3) is 0.300. The molecule has 0 aromatic heterocycles. The SMILES string of the molecule is COC(=O)c1ccc(OCCCCOc2ccc(C(C)=O)c(Cl)c2Cl)cc1. The average molecular weight is 411 g/mol. The Bertz CT molecular complexity index is 803. The van der Waals surface area contributed by atoms with Crippen LogP contribution in [0.5, 0.6) is 11.5 Å². The number of ketones is 1. The van der Waals surface area contributed by atoms with E-state index in [0.29, 0.717) is 35.8 Å². The molecule has 5 nitrogen and oxygen atoms in total. The molecule has 2 aromatic rings. The standard InChI is InChI=1S/C20H20Cl2O5/c1-13(23)16-9-10-17(19(22)18(16)21)27-12-4-3-11-26-15-7-5-14(6-8-15)20(24)25-2/h5-10H,3-4,11-12H2,1-2H3. The summed E-state index contributed by atoms with van der Waals surface area (Å²) in [5.74, 6) is 0.600. The Kier molecular flexibility index (Phi) is 7.95. The third-order valence-electron chi connectivity index (χ3n) is 3.77. The summed E-state index contributed by atoms with van der Waals surface area (Å²) in [6.45, 7) is 2.39. The van der Waals surface area contributed by atoms with Crippen molar-refractivity contribution in [1.82, 2.24) is 0 Å². The molecule has 0 aliphatic carbocycles. The van der Waals surface area contributed by atoms with Crippen molar-refractivity contribution >= 4 is 35.0 Å². The van der Waals surface area contributed by atoms with E-state index in [9.17, 15) is 9.59 Å². The maximum absolute atomic E-state index is 11.4. The van der Waals surface area contributed by atoms with E-state index in [0.717, 1.165) is 12.8 Å². The van der Waals surface area contributed by atoms with Crippen LogP contribution in [0.2, 0.25) is 10.0 Å². The van der Waals surface area contributed by atoms with Gasteiger partial charge in [-0.25, -0.2) is 4.79 Å². The molecule has 0 saturated heterocycles. The number of ether oxygens (including phenoxy) is 3. The fourth-order valence-corrected chi connectivity index (χ4v) is 2.81. The maximum Gasteiger partial charge on any atom is 0.337 e. The first-order valence-corrected chi connectivity index (χ1v) is 9.12. The largest absolute Gasteiger partial charge is 0.494 e. The van der Waals surface area contributed by atoms with Gasteiger partial charge in [0.25, 0.3) is 0 Å². The minimum atomic E-state index is -0.381. The molecule has 0 spiro atoms.